The van der Waals surface area contributed by atoms with Crippen molar-refractivity contribution in [3.05, 3.63) is 71.1 Å². The van der Waals surface area contributed by atoms with Crippen LogP contribution in [0.1, 0.15) is 22.8 Å². The Labute approximate surface area is 155 Å². The highest BCUT2D eigenvalue weighted by Gasteiger charge is 2.08. The molecule has 0 spiro atoms. The SMILES string of the molecule is CC(=O)Nc1cn(-c2ccc(C(=O)Nc3ccc(C)c(Cl)c3)cc2)cn1. The van der Waals surface area contributed by atoms with Crippen LogP contribution < -0.4 is 10.6 Å². The number of nitrogens with one attached hydrogen (secondary N) is 2. The molecule has 0 bridgehead atoms. The fourth-order valence-corrected chi connectivity index (χ4v) is 2.55. The van der Waals surface area contributed by atoms with Gasteiger partial charge in [-0.15, -0.1) is 0 Å². The number of aryl methyl sites for hydroxylation is 1. The molecule has 0 aliphatic carbocycles. The number of benzene rings is 2. The van der Waals surface area contributed by atoms with E-state index in [4.69, 9.17) is 11.6 Å². The van der Waals surface area contributed by atoms with E-state index in [1.807, 2.05) is 19.1 Å². The summed E-state index contributed by atoms with van der Waals surface area (Å²) in [6.45, 7) is 3.33. The first-order valence-corrected chi connectivity index (χ1v) is 8.30. The normalized spacial score (nSPS) is 10.4. The summed E-state index contributed by atoms with van der Waals surface area (Å²) in [5.41, 5.74) is 2.94. The molecule has 0 saturated heterocycles. The van der Waals surface area contributed by atoms with Crippen LogP contribution in [0, 0.1) is 6.92 Å². The summed E-state index contributed by atoms with van der Waals surface area (Å²) in [5.74, 6) is 0.0649. The topological polar surface area (TPSA) is 76.0 Å². The second-order valence-corrected chi connectivity index (χ2v) is 6.22. The van der Waals surface area contributed by atoms with Gasteiger partial charge in [-0.05, 0) is 48.9 Å². The van der Waals surface area contributed by atoms with Crippen molar-refractivity contribution in [3.63, 3.8) is 0 Å². The van der Waals surface area contributed by atoms with Crippen LogP contribution in [0.4, 0.5) is 11.5 Å². The number of imidazole rings is 1. The van der Waals surface area contributed by atoms with Gasteiger partial charge in [-0.3, -0.25) is 9.59 Å². The van der Waals surface area contributed by atoms with E-state index in [1.165, 1.54) is 6.92 Å². The van der Waals surface area contributed by atoms with Gasteiger partial charge in [0, 0.05) is 28.9 Å². The van der Waals surface area contributed by atoms with Crippen LogP contribution in [0.3, 0.4) is 0 Å². The summed E-state index contributed by atoms with van der Waals surface area (Å²) >= 11 is 6.08. The molecule has 0 fully saturated rings. The number of anilines is 2. The molecule has 7 heteroatoms. The smallest absolute Gasteiger partial charge is 0.255 e. The van der Waals surface area contributed by atoms with Crippen molar-refractivity contribution in [2.24, 2.45) is 0 Å². The van der Waals surface area contributed by atoms with Gasteiger partial charge in [0.15, 0.2) is 5.82 Å². The Bertz CT molecular complexity index is 964. The lowest BCUT2D eigenvalue weighted by molar-refractivity contribution is -0.114. The van der Waals surface area contributed by atoms with Crippen molar-refractivity contribution < 1.29 is 9.59 Å². The lowest BCUT2D eigenvalue weighted by Gasteiger charge is -2.08. The molecule has 0 aliphatic heterocycles. The first-order valence-electron chi connectivity index (χ1n) is 7.92. The summed E-state index contributed by atoms with van der Waals surface area (Å²) in [4.78, 5) is 27.5. The van der Waals surface area contributed by atoms with Gasteiger partial charge >= 0.3 is 0 Å². The highest BCUT2D eigenvalue weighted by atomic mass is 35.5. The fourth-order valence-electron chi connectivity index (χ4n) is 2.37. The molecule has 0 unspecified atom stereocenters. The lowest BCUT2D eigenvalue weighted by atomic mass is 10.1. The Morgan fingerprint density at radius 3 is 2.46 bits per heavy atom. The molecule has 0 aliphatic rings. The minimum atomic E-state index is -0.221. The first-order chi connectivity index (χ1) is 12.4. The summed E-state index contributed by atoms with van der Waals surface area (Å²) in [6.07, 6.45) is 3.29. The molecule has 3 rings (SSSR count). The van der Waals surface area contributed by atoms with Gasteiger partial charge in [0.05, 0.1) is 6.20 Å². The molecule has 2 N–H and O–H groups in total. The number of carbonyl (C=O) groups excluding carboxylic acids is 2. The number of hydrogen-bond donors (Lipinski definition) is 2. The second-order valence-electron chi connectivity index (χ2n) is 5.81. The molecule has 3 aromatic rings. The number of hydrogen-bond acceptors (Lipinski definition) is 3. The molecule has 26 heavy (non-hydrogen) atoms. The van der Waals surface area contributed by atoms with Gasteiger partial charge in [0.2, 0.25) is 5.91 Å². The van der Waals surface area contributed by atoms with Gasteiger partial charge in [0.25, 0.3) is 5.91 Å². The molecule has 2 aromatic carbocycles. The molecule has 0 atom stereocenters. The average Bonchev–Trinajstić information content (AvgIpc) is 3.06. The van der Waals surface area contributed by atoms with Crippen LogP contribution in [0.15, 0.2) is 55.0 Å². The predicted molar refractivity (Wildman–Crippen MR) is 102 cm³/mol. The average molecular weight is 369 g/mol. The van der Waals surface area contributed by atoms with Gasteiger partial charge in [0.1, 0.15) is 6.33 Å². The van der Waals surface area contributed by atoms with Gasteiger partial charge in [-0.25, -0.2) is 4.98 Å². The Hall–Kier alpha value is -3.12. The van der Waals surface area contributed by atoms with Crippen LogP contribution in [-0.4, -0.2) is 21.4 Å². The molecular formula is C19H17ClN4O2. The number of aromatic nitrogens is 2. The third-order valence-electron chi connectivity index (χ3n) is 3.74. The molecule has 132 valence electrons. The highest BCUT2D eigenvalue weighted by Crippen LogP contribution is 2.21. The second kappa shape index (κ2) is 7.41. The van der Waals surface area contributed by atoms with Crippen molar-refractivity contribution >= 4 is 34.9 Å². The standard InChI is InChI=1S/C19H17ClN4O2/c1-12-3-6-15(9-17(12)20)23-19(26)14-4-7-16(8-5-14)24-10-18(21-11-24)22-13(2)25/h3-11H,1-2H3,(H,22,25)(H,23,26). The highest BCUT2D eigenvalue weighted by molar-refractivity contribution is 6.31. The Morgan fingerprint density at radius 1 is 1.08 bits per heavy atom. The minimum absolute atomic E-state index is 0.182. The summed E-state index contributed by atoms with van der Waals surface area (Å²) in [6, 6.07) is 12.4. The quantitative estimate of drug-likeness (QED) is 0.729. The summed E-state index contributed by atoms with van der Waals surface area (Å²) < 4.78 is 1.76. The molecule has 1 heterocycles. The summed E-state index contributed by atoms with van der Waals surface area (Å²) in [7, 11) is 0. The molecule has 0 saturated carbocycles. The fraction of sp³-hybridized carbons (Fsp3) is 0.105. The van der Waals surface area contributed by atoms with Crippen LogP contribution in [0.25, 0.3) is 5.69 Å². The monoisotopic (exact) mass is 368 g/mol. The van der Waals surface area contributed by atoms with E-state index < -0.39 is 0 Å². The molecule has 6 nitrogen and oxygen atoms in total. The summed E-state index contributed by atoms with van der Waals surface area (Å²) in [5, 5.41) is 6.04. The van der Waals surface area contributed by atoms with Crippen LogP contribution >= 0.6 is 11.6 Å². The van der Waals surface area contributed by atoms with E-state index in [9.17, 15) is 9.59 Å². The molecule has 2 amide bonds. The predicted octanol–water partition coefficient (Wildman–Crippen LogP) is 4.04. The lowest BCUT2D eigenvalue weighted by Crippen LogP contribution is -2.12. The molecule has 1 aromatic heterocycles. The maximum absolute atomic E-state index is 12.4. The van der Waals surface area contributed by atoms with E-state index in [2.05, 4.69) is 15.6 Å². The minimum Gasteiger partial charge on any atom is -0.322 e. The van der Waals surface area contributed by atoms with Crippen molar-refractivity contribution in [3.8, 4) is 5.69 Å². The zero-order valence-corrected chi connectivity index (χ0v) is 15.0. The van der Waals surface area contributed by atoms with Gasteiger partial charge in [-0.2, -0.15) is 0 Å². The maximum Gasteiger partial charge on any atom is 0.255 e. The zero-order valence-electron chi connectivity index (χ0n) is 14.3. The largest absolute Gasteiger partial charge is 0.322 e. The van der Waals surface area contributed by atoms with E-state index in [1.54, 1.807) is 47.4 Å². The number of amides is 2. The van der Waals surface area contributed by atoms with Gasteiger partial charge < -0.3 is 15.2 Å². The Balaban J connectivity index is 1.72. The Morgan fingerprint density at radius 2 is 1.81 bits per heavy atom. The zero-order chi connectivity index (χ0) is 18.7. The van der Waals surface area contributed by atoms with Crippen LogP contribution in [0.5, 0.6) is 0 Å². The van der Waals surface area contributed by atoms with E-state index in [0.717, 1.165) is 11.3 Å². The first kappa shape index (κ1) is 17.7. The third-order valence-corrected chi connectivity index (χ3v) is 4.15. The number of nitrogens with zero attached hydrogens (tertiary/aromatic N) is 2. The van der Waals surface area contributed by atoms with E-state index in [0.29, 0.717) is 22.1 Å². The number of carbonyl (C=O) groups is 2. The van der Waals surface area contributed by atoms with E-state index >= 15 is 0 Å². The maximum atomic E-state index is 12.4. The number of halogens is 1. The third kappa shape index (κ3) is 4.10. The van der Waals surface area contributed by atoms with E-state index in [-0.39, 0.29) is 11.8 Å². The van der Waals surface area contributed by atoms with Crippen LogP contribution in [-0.2, 0) is 4.79 Å². The van der Waals surface area contributed by atoms with Crippen molar-refractivity contribution in [2.45, 2.75) is 13.8 Å². The van der Waals surface area contributed by atoms with Gasteiger partial charge in [-0.1, -0.05) is 17.7 Å². The molecule has 0 radical (unpaired) electrons. The van der Waals surface area contributed by atoms with Crippen molar-refractivity contribution in [2.75, 3.05) is 10.6 Å². The van der Waals surface area contributed by atoms with Crippen LogP contribution in [0.2, 0.25) is 5.02 Å². The number of rotatable bonds is 4. The van der Waals surface area contributed by atoms with Crippen molar-refractivity contribution in [1.29, 1.82) is 0 Å². The van der Waals surface area contributed by atoms with Crippen molar-refractivity contribution in [1.82, 2.24) is 9.55 Å². The molecular weight excluding hydrogens is 352 g/mol. The Kier molecular flexibility index (Phi) is 5.04.